The molecule has 14 heavy (non-hydrogen) atoms. The molecule has 0 heterocycles. The zero-order chi connectivity index (χ0) is 10.8. The zero-order valence-corrected chi connectivity index (χ0v) is 6.73. The molecule has 10 nitrogen and oxygen atoms in total. The molecule has 0 saturated heterocycles. The van der Waals surface area contributed by atoms with E-state index in [1.54, 1.807) is 0 Å². The van der Waals surface area contributed by atoms with Crippen molar-refractivity contribution < 1.29 is 50.6 Å². The summed E-state index contributed by atoms with van der Waals surface area (Å²) >= 11 is 0. The maximum atomic E-state index is 8.36. The Balaban J connectivity index is -0.0000000145. The van der Waals surface area contributed by atoms with E-state index >= 15 is 0 Å². The number of rotatable bonds is 0. The fourth-order valence-corrected chi connectivity index (χ4v) is 0. The Bertz CT molecular complexity index is 66.1. The van der Waals surface area contributed by atoms with E-state index in [0.717, 1.165) is 0 Å². The smallest absolute Gasteiger partial charge is 0.290 e. The summed E-state index contributed by atoms with van der Waals surface area (Å²) in [6.45, 7) is -1.00. The SMILES string of the molecule is O.O.O=CO.O=CO.O=CO.O=CO. The number of carboxylic acid groups (broad SMARTS) is 4. The second-order valence-corrected chi connectivity index (χ2v) is 0.422. The average molecular weight is 220 g/mol. The fraction of sp³-hybridized carbons (Fsp3) is 0. The van der Waals surface area contributed by atoms with Crippen molar-refractivity contribution in [1.82, 2.24) is 0 Å². The van der Waals surface area contributed by atoms with E-state index in [4.69, 9.17) is 39.6 Å². The molecule has 0 unspecified atom stereocenters. The second-order valence-electron chi connectivity index (χ2n) is 0.422. The van der Waals surface area contributed by atoms with Gasteiger partial charge in [0.15, 0.2) is 0 Å². The van der Waals surface area contributed by atoms with Crippen LogP contribution < -0.4 is 0 Å². The standard InChI is InChI=1S/4CH2O2.2H2O/c4*2-1-3;;/h4*1H,(H,2,3);2*1H2. The molecule has 0 amide bonds. The highest BCUT2D eigenvalue weighted by Crippen LogP contribution is 0.975. The first-order chi connectivity index (χ1) is 5.66. The summed E-state index contributed by atoms with van der Waals surface area (Å²) in [7, 11) is 0. The first kappa shape index (κ1) is 40.9. The maximum Gasteiger partial charge on any atom is 0.290 e. The second kappa shape index (κ2) is 320. The first-order valence-corrected chi connectivity index (χ1v) is 1.98. The Labute approximate surface area is 77.6 Å². The molecule has 0 aromatic heterocycles. The molecule has 0 aliphatic carbocycles. The summed E-state index contributed by atoms with van der Waals surface area (Å²) in [4.78, 5) is 33.4. The van der Waals surface area contributed by atoms with Crippen molar-refractivity contribution >= 4 is 25.9 Å². The summed E-state index contributed by atoms with van der Waals surface area (Å²) in [6.07, 6.45) is 0. The minimum atomic E-state index is -0.250. The number of hydrogen-bond acceptors (Lipinski definition) is 4. The molecule has 0 spiro atoms. The number of hydrogen-bond donors (Lipinski definition) is 4. The van der Waals surface area contributed by atoms with Gasteiger partial charge in [0.05, 0.1) is 0 Å². The summed E-state index contributed by atoms with van der Waals surface area (Å²) in [5, 5.41) is 27.6. The van der Waals surface area contributed by atoms with E-state index in [9.17, 15) is 0 Å². The van der Waals surface area contributed by atoms with E-state index in [1.807, 2.05) is 0 Å². The monoisotopic (exact) mass is 220 g/mol. The Hall–Kier alpha value is -2.20. The van der Waals surface area contributed by atoms with Gasteiger partial charge in [-0.3, -0.25) is 19.2 Å². The highest BCUT2D eigenvalue weighted by molar-refractivity contribution is 5.33. The van der Waals surface area contributed by atoms with Crippen LogP contribution in [0.1, 0.15) is 0 Å². The molecular formula is C4H12O10. The lowest BCUT2D eigenvalue weighted by Crippen LogP contribution is -1.49. The minimum Gasteiger partial charge on any atom is -0.483 e. The van der Waals surface area contributed by atoms with Gasteiger partial charge in [-0.25, -0.2) is 0 Å². The van der Waals surface area contributed by atoms with Crippen LogP contribution in [0.25, 0.3) is 0 Å². The van der Waals surface area contributed by atoms with E-state index < -0.39 is 0 Å². The van der Waals surface area contributed by atoms with Crippen LogP contribution in [0.2, 0.25) is 0 Å². The molecule has 0 bridgehead atoms. The molecule has 0 atom stereocenters. The molecule has 0 aromatic rings. The van der Waals surface area contributed by atoms with Crippen molar-refractivity contribution in [2.75, 3.05) is 0 Å². The van der Waals surface area contributed by atoms with Crippen molar-refractivity contribution in [3.63, 3.8) is 0 Å². The van der Waals surface area contributed by atoms with Crippen LogP contribution >= 0.6 is 0 Å². The largest absolute Gasteiger partial charge is 0.483 e. The minimum absolute atomic E-state index is 0. The van der Waals surface area contributed by atoms with Gasteiger partial charge in [-0.1, -0.05) is 0 Å². The van der Waals surface area contributed by atoms with Crippen molar-refractivity contribution in [1.29, 1.82) is 0 Å². The fourth-order valence-electron chi connectivity index (χ4n) is 0. The van der Waals surface area contributed by atoms with Crippen LogP contribution in [0.5, 0.6) is 0 Å². The van der Waals surface area contributed by atoms with Gasteiger partial charge in [-0.15, -0.1) is 0 Å². The van der Waals surface area contributed by atoms with Crippen molar-refractivity contribution in [3.05, 3.63) is 0 Å². The Morgan fingerprint density at radius 3 is 0.500 bits per heavy atom. The lowest BCUT2D eigenvalue weighted by Gasteiger charge is -1.34. The third-order valence-corrected chi connectivity index (χ3v) is 0. The molecule has 0 radical (unpaired) electrons. The summed E-state index contributed by atoms with van der Waals surface area (Å²) < 4.78 is 0. The van der Waals surface area contributed by atoms with Crippen molar-refractivity contribution in [2.45, 2.75) is 0 Å². The van der Waals surface area contributed by atoms with Crippen LogP contribution in [-0.4, -0.2) is 57.3 Å². The van der Waals surface area contributed by atoms with E-state index in [1.165, 1.54) is 0 Å². The molecule has 0 aromatic carbocycles. The maximum absolute atomic E-state index is 8.36. The lowest BCUT2D eigenvalue weighted by atomic mass is 11.7. The number of carbonyl (C=O) groups is 4. The first-order valence-electron chi connectivity index (χ1n) is 1.98. The van der Waals surface area contributed by atoms with Gasteiger partial charge < -0.3 is 31.4 Å². The van der Waals surface area contributed by atoms with Crippen LogP contribution in [0.15, 0.2) is 0 Å². The highest BCUT2D eigenvalue weighted by Gasteiger charge is 1.23. The van der Waals surface area contributed by atoms with Gasteiger partial charge >= 0.3 is 0 Å². The quantitative estimate of drug-likeness (QED) is 0.311. The molecule has 0 aliphatic rings. The lowest BCUT2D eigenvalue weighted by molar-refractivity contribution is -0.123. The Morgan fingerprint density at radius 1 is 0.500 bits per heavy atom. The third kappa shape index (κ3) is 157. The van der Waals surface area contributed by atoms with Crippen LogP contribution in [0.3, 0.4) is 0 Å². The van der Waals surface area contributed by atoms with Gasteiger partial charge in [0.1, 0.15) is 0 Å². The Morgan fingerprint density at radius 2 is 0.500 bits per heavy atom. The van der Waals surface area contributed by atoms with Gasteiger partial charge in [0.25, 0.3) is 25.9 Å². The molecular weight excluding hydrogens is 208 g/mol. The van der Waals surface area contributed by atoms with Crippen LogP contribution in [0.4, 0.5) is 0 Å². The summed E-state index contributed by atoms with van der Waals surface area (Å²) in [5.41, 5.74) is 0. The molecule has 88 valence electrons. The summed E-state index contributed by atoms with van der Waals surface area (Å²) in [5.74, 6) is 0. The van der Waals surface area contributed by atoms with Gasteiger partial charge in [-0.2, -0.15) is 0 Å². The van der Waals surface area contributed by atoms with E-state index in [2.05, 4.69) is 0 Å². The van der Waals surface area contributed by atoms with E-state index in [0.29, 0.717) is 0 Å². The normalized spacial score (nSPS) is 3.43. The summed E-state index contributed by atoms with van der Waals surface area (Å²) in [6, 6.07) is 0. The van der Waals surface area contributed by atoms with Crippen molar-refractivity contribution in [3.8, 4) is 0 Å². The van der Waals surface area contributed by atoms with Gasteiger partial charge in [0, 0.05) is 0 Å². The predicted octanol–water partition coefficient (Wildman–Crippen LogP) is -2.85. The Kier molecular flexibility index (Phi) is 936. The van der Waals surface area contributed by atoms with Crippen LogP contribution in [0, 0.1) is 0 Å². The molecule has 0 fully saturated rings. The third-order valence-electron chi connectivity index (χ3n) is 0. The van der Waals surface area contributed by atoms with Gasteiger partial charge in [-0.05, 0) is 0 Å². The zero-order valence-electron chi connectivity index (χ0n) is 6.73. The van der Waals surface area contributed by atoms with Crippen molar-refractivity contribution in [2.24, 2.45) is 0 Å². The van der Waals surface area contributed by atoms with Gasteiger partial charge in [0.2, 0.25) is 0 Å². The molecule has 0 aliphatic heterocycles. The predicted molar refractivity (Wildman–Crippen MR) is 42.0 cm³/mol. The molecule has 8 N–H and O–H groups in total. The average Bonchev–Trinajstić information content (AvgIpc) is 1.92. The highest BCUT2D eigenvalue weighted by atomic mass is 16.4. The van der Waals surface area contributed by atoms with E-state index in [-0.39, 0.29) is 36.8 Å². The molecule has 0 rings (SSSR count). The van der Waals surface area contributed by atoms with Crippen LogP contribution in [-0.2, 0) is 19.2 Å². The molecule has 10 heteroatoms. The molecule has 0 saturated carbocycles. The topological polar surface area (TPSA) is 212 Å².